The topological polar surface area (TPSA) is 63.6 Å². The third kappa shape index (κ3) is 5.57. The van der Waals surface area contributed by atoms with E-state index in [0.29, 0.717) is 11.3 Å². The number of ketones is 1. The molecule has 4 nitrogen and oxygen atoms in total. The van der Waals surface area contributed by atoms with E-state index < -0.39 is 11.6 Å². The van der Waals surface area contributed by atoms with Gasteiger partial charge in [0.05, 0.1) is 5.56 Å². The number of carboxylic acids is 1. The Morgan fingerprint density at radius 3 is 2.11 bits per heavy atom. The molecule has 0 saturated carbocycles. The Kier molecular flexibility index (Phi) is 7.09. The first kappa shape index (κ1) is 27.3. The summed E-state index contributed by atoms with van der Waals surface area (Å²) >= 11 is 0. The van der Waals surface area contributed by atoms with Crippen molar-refractivity contribution in [1.29, 1.82) is 0 Å². The average Bonchev–Trinajstić information content (AvgIpc) is 2.85. The minimum absolute atomic E-state index is 0.143. The van der Waals surface area contributed by atoms with E-state index >= 15 is 0 Å². The molecule has 198 valence electrons. The van der Waals surface area contributed by atoms with E-state index in [1.54, 1.807) is 30.3 Å². The van der Waals surface area contributed by atoms with Gasteiger partial charge in [0.1, 0.15) is 17.2 Å². The number of benzene rings is 3. The number of carbonyl (C=O) groups is 2. The summed E-state index contributed by atoms with van der Waals surface area (Å²) in [5.41, 5.74) is 3.44. The molecule has 0 unspecified atom stereocenters. The number of carboxylic acid groups (broad SMARTS) is 1. The molecule has 0 fully saturated rings. The van der Waals surface area contributed by atoms with Crippen molar-refractivity contribution < 1.29 is 23.8 Å². The summed E-state index contributed by atoms with van der Waals surface area (Å²) in [5.74, 6) is -0.801. The molecule has 4 rings (SSSR count). The number of fused-ring (bicyclic) bond motifs is 1. The Bertz CT molecular complexity index is 1390. The van der Waals surface area contributed by atoms with Gasteiger partial charge >= 0.3 is 5.97 Å². The predicted molar refractivity (Wildman–Crippen MR) is 149 cm³/mol. The van der Waals surface area contributed by atoms with Crippen LogP contribution >= 0.6 is 0 Å². The maximum absolute atomic E-state index is 13.6. The molecule has 0 saturated heterocycles. The molecule has 0 amide bonds. The molecule has 38 heavy (non-hydrogen) atoms. The van der Waals surface area contributed by atoms with Crippen molar-refractivity contribution in [3.8, 4) is 5.75 Å². The van der Waals surface area contributed by atoms with Crippen LogP contribution in [-0.4, -0.2) is 16.9 Å². The first-order valence-corrected chi connectivity index (χ1v) is 12.9. The SMILES string of the molecule is CC1(C)CCC(C)(C)c2c(OC(C)(C)c3ccc(F)cc3)cc(C(=O)C=Cc3ccc(C(=O)O)cc3)cc21. The smallest absolute Gasteiger partial charge is 0.335 e. The monoisotopic (exact) mass is 514 g/mol. The highest BCUT2D eigenvalue weighted by Crippen LogP contribution is 2.51. The molecule has 0 aromatic heterocycles. The van der Waals surface area contributed by atoms with E-state index in [1.807, 2.05) is 26.0 Å². The molecular weight excluding hydrogens is 479 g/mol. The maximum Gasteiger partial charge on any atom is 0.335 e. The predicted octanol–water partition coefficient (Wildman–Crippen LogP) is 8.08. The molecule has 3 aromatic carbocycles. The lowest BCUT2D eigenvalue weighted by molar-refractivity contribution is 0.0696. The van der Waals surface area contributed by atoms with Crippen molar-refractivity contribution in [3.63, 3.8) is 0 Å². The van der Waals surface area contributed by atoms with E-state index in [0.717, 1.165) is 35.1 Å². The fourth-order valence-corrected chi connectivity index (χ4v) is 5.14. The van der Waals surface area contributed by atoms with Crippen molar-refractivity contribution in [3.05, 3.63) is 106 Å². The Labute approximate surface area is 224 Å². The number of carbonyl (C=O) groups excluding carboxylic acids is 1. The van der Waals surface area contributed by atoms with Crippen LogP contribution in [-0.2, 0) is 16.4 Å². The van der Waals surface area contributed by atoms with Crippen LogP contribution in [0.25, 0.3) is 6.08 Å². The zero-order valence-electron chi connectivity index (χ0n) is 22.9. The van der Waals surface area contributed by atoms with Crippen LogP contribution in [0.4, 0.5) is 4.39 Å². The van der Waals surface area contributed by atoms with Crippen LogP contribution < -0.4 is 4.74 Å². The molecule has 1 aliphatic rings. The van der Waals surface area contributed by atoms with Crippen molar-refractivity contribution >= 4 is 17.8 Å². The van der Waals surface area contributed by atoms with Crippen LogP contribution in [0.1, 0.15) is 97.4 Å². The summed E-state index contributed by atoms with van der Waals surface area (Å²) in [6.45, 7) is 12.7. The van der Waals surface area contributed by atoms with E-state index in [2.05, 4.69) is 27.7 Å². The van der Waals surface area contributed by atoms with Crippen molar-refractivity contribution in [1.82, 2.24) is 0 Å². The van der Waals surface area contributed by atoms with Gasteiger partial charge in [0, 0.05) is 11.1 Å². The van der Waals surface area contributed by atoms with Crippen LogP contribution in [0.3, 0.4) is 0 Å². The Balaban J connectivity index is 1.77. The van der Waals surface area contributed by atoms with Gasteiger partial charge in [0.2, 0.25) is 0 Å². The zero-order chi connectivity index (χ0) is 27.9. The fraction of sp³-hybridized carbons (Fsp3) is 0.333. The molecule has 0 aliphatic heterocycles. The number of ether oxygens (including phenoxy) is 1. The second-order valence-corrected chi connectivity index (χ2v) is 11.9. The molecule has 0 radical (unpaired) electrons. The summed E-state index contributed by atoms with van der Waals surface area (Å²) in [7, 11) is 0. The van der Waals surface area contributed by atoms with Crippen molar-refractivity contribution in [2.75, 3.05) is 0 Å². The van der Waals surface area contributed by atoms with Gasteiger partial charge in [-0.3, -0.25) is 4.79 Å². The first-order chi connectivity index (χ1) is 17.7. The summed E-state index contributed by atoms with van der Waals surface area (Å²) in [6.07, 6.45) is 5.16. The van der Waals surface area contributed by atoms with Crippen LogP contribution in [0.2, 0.25) is 0 Å². The molecule has 0 atom stereocenters. The second-order valence-electron chi connectivity index (χ2n) is 11.9. The highest BCUT2D eigenvalue weighted by atomic mass is 19.1. The van der Waals surface area contributed by atoms with Crippen molar-refractivity contribution in [2.24, 2.45) is 0 Å². The average molecular weight is 515 g/mol. The minimum Gasteiger partial charge on any atom is -0.483 e. The van der Waals surface area contributed by atoms with Gasteiger partial charge in [-0.25, -0.2) is 9.18 Å². The zero-order valence-corrected chi connectivity index (χ0v) is 22.9. The molecule has 0 spiro atoms. The maximum atomic E-state index is 13.6. The van der Waals surface area contributed by atoms with Crippen molar-refractivity contribution in [2.45, 2.75) is 70.8 Å². The molecule has 3 aromatic rings. The lowest BCUT2D eigenvalue weighted by Crippen LogP contribution is -2.36. The van der Waals surface area contributed by atoms with Gasteiger partial charge in [-0.2, -0.15) is 0 Å². The minimum atomic E-state index is -0.993. The second kappa shape index (κ2) is 9.86. The Morgan fingerprint density at radius 1 is 0.895 bits per heavy atom. The van der Waals surface area contributed by atoms with Crippen LogP contribution in [0, 0.1) is 5.82 Å². The molecule has 0 bridgehead atoms. The highest BCUT2D eigenvalue weighted by molar-refractivity contribution is 6.07. The molecule has 1 aliphatic carbocycles. The van der Waals surface area contributed by atoms with Gasteiger partial charge in [0.15, 0.2) is 5.78 Å². The fourth-order valence-electron chi connectivity index (χ4n) is 5.14. The summed E-state index contributed by atoms with van der Waals surface area (Å²) in [4.78, 5) is 24.5. The largest absolute Gasteiger partial charge is 0.483 e. The van der Waals surface area contributed by atoms with E-state index in [4.69, 9.17) is 9.84 Å². The van der Waals surface area contributed by atoms with Crippen LogP contribution in [0.5, 0.6) is 5.75 Å². The summed E-state index contributed by atoms with van der Waals surface area (Å²) in [5, 5.41) is 9.11. The number of rotatable bonds is 7. The number of halogens is 1. The molecule has 0 heterocycles. The van der Waals surface area contributed by atoms with E-state index in [9.17, 15) is 14.0 Å². The Hall–Kier alpha value is -3.73. The van der Waals surface area contributed by atoms with Gasteiger partial charge < -0.3 is 9.84 Å². The molecule has 5 heteroatoms. The van der Waals surface area contributed by atoms with Gasteiger partial charge in [-0.15, -0.1) is 0 Å². The van der Waals surface area contributed by atoms with E-state index in [-0.39, 0.29) is 28.0 Å². The summed E-state index contributed by atoms with van der Waals surface area (Å²) in [6, 6.07) is 16.5. The summed E-state index contributed by atoms with van der Waals surface area (Å²) < 4.78 is 20.3. The number of allylic oxidation sites excluding steroid dienone is 1. The quantitative estimate of drug-likeness (QED) is 0.256. The third-order valence-electron chi connectivity index (χ3n) is 7.66. The van der Waals surface area contributed by atoms with Gasteiger partial charge in [-0.05, 0) is 96.7 Å². The van der Waals surface area contributed by atoms with Gasteiger partial charge in [-0.1, -0.05) is 58.0 Å². The molecular formula is C33H35FO4. The lowest BCUT2D eigenvalue weighted by Gasteiger charge is -2.44. The normalized spacial score (nSPS) is 16.2. The van der Waals surface area contributed by atoms with Gasteiger partial charge in [0.25, 0.3) is 0 Å². The number of hydrogen-bond donors (Lipinski definition) is 1. The van der Waals surface area contributed by atoms with E-state index in [1.165, 1.54) is 30.3 Å². The highest BCUT2D eigenvalue weighted by Gasteiger charge is 2.41. The standard InChI is InChI=1S/C33H35FO4/c1-31(2)17-18-32(3,4)29-26(31)19-23(27(35)16-9-21-7-10-22(11-8-21)30(36)37)20-28(29)38-33(5,6)24-12-14-25(34)15-13-24/h7-16,19-20H,17-18H2,1-6H3,(H,36,37). The molecule has 1 N–H and O–H groups in total. The lowest BCUT2D eigenvalue weighted by atomic mass is 9.62. The first-order valence-electron chi connectivity index (χ1n) is 12.9. The third-order valence-corrected chi connectivity index (χ3v) is 7.66. The number of aromatic carboxylic acids is 1. The van der Waals surface area contributed by atoms with Crippen LogP contribution in [0.15, 0.2) is 66.7 Å². The Morgan fingerprint density at radius 2 is 1.50 bits per heavy atom. The number of hydrogen-bond acceptors (Lipinski definition) is 3.